The molecule has 34 heavy (non-hydrogen) atoms. The second-order valence-corrected chi connectivity index (χ2v) is 16.7. The number of ether oxygens (including phenoxy) is 1. The summed E-state index contributed by atoms with van der Waals surface area (Å²) < 4.78 is 25.4. The Morgan fingerprint density at radius 2 is 1.97 bits per heavy atom. The third-order valence-electron chi connectivity index (χ3n) is 5.76. The summed E-state index contributed by atoms with van der Waals surface area (Å²) >= 11 is 1.46. The van der Waals surface area contributed by atoms with E-state index in [1.807, 2.05) is 42.1 Å². The fourth-order valence-electron chi connectivity index (χ4n) is 2.76. The number of aryl methyl sites for hydroxylation is 1. The minimum absolute atomic E-state index is 0.163. The fourth-order valence-corrected chi connectivity index (χ4v) is 5.17. The highest BCUT2D eigenvalue weighted by molar-refractivity contribution is 7.84. The van der Waals surface area contributed by atoms with Crippen molar-refractivity contribution in [3.05, 3.63) is 46.7 Å². The van der Waals surface area contributed by atoms with Gasteiger partial charge in [-0.3, -0.25) is 8.78 Å². The Morgan fingerprint density at radius 3 is 2.56 bits per heavy atom. The summed E-state index contributed by atoms with van der Waals surface area (Å²) in [5, 5.41) is 0.480. The van der Waals surface area contributed by atoms with Crippen molar-refractivity contribution in [3.8, 4) is 10.6 Å². The quantitative estimate of drug-likeness (QED) is 0.313. The van der Waals surface area contributed by atoms with Gasteiger partial charge in [0.25, 0.3) is 0 Å². The van der Waals surface area contributed by atoms with Crippen LogP contribution in [0.4, 0.5) is 5.82 Å². The third kappa shape index (κ3) is 6.54. The Morgan fingerprint density at radius 1 is 1.24 bits per heavy atom. The molecular formula is C23H33N5O3S2Si. The number of pyridine rings is 1. The summed E-state index contributed by atoms with van der Waals surface area (Å²) in [5.74, 6) is 0.601. The molecule has 0 spiro atoms. The van der Waals surface area contributed by atoms with Crippen molar-refractivity contribution in [3.63, 3.8) is 0 Å². The summed E-state index contributed by atoms with van der Waals surface area (Å²) in [6, 6.07) is 5.78. The Bertz CT molecular complexity index is 1230. The fraction of sp³-hybridized carbons (Fsp3) is 0.478. The van der Waals surface area contributed by atoms with Gasteiger partial charge in [0.05, 0.1) is 28.0 Å². The number of aromatic nitrogens is 4. The van der Waals surface area contributed by atoms with Crippen LogP contribution < -0.4 is 4.80 Å². The van der Waals surface area contributed by atoms with Gasteiger partial charge in [-0.25, -0.2) is 19.9 Å². The van der Waals surface area contributed by atoms with E-state index in [-0.39, 0.29) is 5.04 Å². The molecule has 0 aliphatic heterocycles. The number of hydrogen-bond acceptors (Lipinski definition) is 8. The first kappa shape index (κ1) is 26.5. The third-order valence-corrected chi connectivity index (χ3v) is 12.0. The van der Waals surface area contributed by atoms with Crippen molar-refractivity contribution in [1.29, 1.82) is 0 Å². The molecule has 0 bridgehead atoms. The van der Waals surface area contributed by atoms with E-state index in [4.69, 9.17) is 14.2 Å². The van der Waals surface area contributed by atoms with Crippen LogP contribution in [0.3, 0.4) is 0 Å². The van der Waals surface area contributed by atoms with Gasteiger partial charge in [-0.1, -0.05) is 38.2 Å². The van der Waals surface area contributed by atoms with Gasteiger partial charge in [0.2, 0.25) is 5.16 Å². The molecule has 0 saturated heterocycles. The lowest BCUT2D eigenvalue weighted by Gasteiger charge is -2.36. The van der Waals surface area contributed by atoms with Crippen molar-refractivity contribution in [2.75, 3.05) is 13.4 Å². The van der Waals surface area contributed by atoms with Crippen molar-refractivity contribution < 1.29 is 13.4 Å². The first-order valence-corrected chi connectivity index (χ1v) is 16.2. The molecule has 11 heteroatoms. The molecule has 0 aliphatic carbocycles. The summed E-state index contributed by atoms with van der Waals surface area (Å²) in [4.78, 5) is 19.6. The predicted molar refractivity (Wildman–Crippen MR) is 139 cm³/mol. The average Bonchev–Trinajstić information content (AvgIpc) is 3.15. The minimum atomic E-state index is -1.82. The van der Waals surface area contributed by atoms with Gasteiger partial charge in [-0.2, -0.15) is 0 Å². The van der Waals surface area contributed by atoms with Crippen molar-refractivity contribution in [2.24, 2.45) is 4.99 Å². The molecular weight excluding hydrogens is 487 g/mol. The average molecular weight is 520 g/mol. The van der Waals surface area contributed by atoms with Gasteiger partial charge in [0, 0.05) is 31.5 Å². The molecule has 0 aliphatic rings. The lowest BCUT2D eigenvalue weighted by atomic mass is 10.2. The number of hydrogen-bond donors (Lipinski definition) is 0. The highest BCUT2D eigenvalue weighted by atomic mass is 32.2. The molecule has 0 saturated carbocycles. The first-order chi connectivity index (χ1) is 15.9. The van der Waals surface area contributed by atoms with E-state index in [9.17, 15) is 4.21 Å². The van der Waals surface area contributed by atoms with Gasteiger partial charge in [0.15, 0.2) is 18.9 Å². The zero-order valence-electron chi connectivity index (χ0n) is 21.1. The zero-order chi connectivity index (χ0) is 25.1. The largest absolute Gasteiger partial charge is 0.413 e. The first-order valence-electron chi connectivity index (χ1n) is 10.9. The van der Waals surface area contributed by atoms with Gasteiger partial charge < -0.3 is 9.16 Å². The smallest absolute Gasteiger partial charge is 0.218 e. The molecule has 3 aromatic heterocycles. The second kappa shape index (κ2) is 10.7. The van der Waals surface area contributed by atoms with Crippen LogP contribution in [0.1, 0.15) is 32.0 Å². The molecule has 0 aromatic carbocycles. The maximum Gasteiger partial charge on any atom is 0.218 e. The Labute approximate surface area is 208 Å². The number of thiazole rings is 1. The maximum absolute atomic E-state index is 11.9. The molecule has 3 aromatic rings. The van der Waals surface area contributed by atoms with Gasteiger partial charge in [-0.15, -0.1) is 0 Å². The van der Waals surface area contributed by atoms with E-state index in [0.29, 0.717) is 30.0 Å². The van der Waals surface area contributed by atoms with Crippen LogP contribution in [0.15, 0.2) is 40.7 Å². The Balaban J connectivity index is 1.88. The molecule has 184 valence electrons. The SMILES string of the molecule is COCn1cc(-c2cc(C)nc(S(C)=O)n2)sc1=Nc1ccc(CO[Si](C)(C)C(C)(C)C)cn1. The summed E-state index contributed by atoms with van der Waals surface area (Å²) in [6.45, 7) is 13.9. The van der Waals surface area contributed by atoms with Crippen LogP contribution in [0.25, 0.3) is 10.6 Å². The van der Waals surface area contributed by atoms with Crippen LogP contribution >= 0.6 is 11.3 Å². The predicted octanol–water partition coefficient (Wildman–Crippen LogP) is 4.81. The highest BCUT2D eigenvalue weighted by Gasteiger charge is 2.37. The number of rotatable bonds is 8. The molecule has 0 amide bonds. The van der Waals surface area contributed by atoms with Gasteiger partial charge in [-0.05, 0) is 42.8 Å². The molecule has 1 unspecified atom stereocenters. The van der Waals surface area contributed by atoms with Crippen LogP contribution in [-0.4, -0.2) is 45.4 Å². The summed E-state index contributed by atoms with van der Waals surface area (Å²) in [6.07, 6.45) is 5.32. The van der Waals surface area contributed by atoms with Crippen molar-refractivity contribution >= 4 is 36.3 Å². The molecule has 8 nitrogen and oxygen atoms in total. The topological polar surface area (TPSA) is 91.5 Å². The molecule has 0 fully saturated rings. The minimum Gasteiger partial charge on any atom is -0.413 e. The lowest BCUT2D eigenvalue weighted by molar-refractivity contribution is 0.129. The van der Waals surface area contributed by atoms with Crippen LogP contribution in [0.2, 0.25) is 18.1 Å². The molecule has 0 radical (unpaired) electrons. The zero-order valence-corrected chi connectivity index (χ0v) is 23.7. The standard InChI is InChI=1S/C23H33N5O3S2Si/c1-16-11-18(26-21(25-16)33(6)29)19-13-28(15-30-5)22(32-19)27-20-10-9-17(12-24-20)14-31-34(7,8)23(2,3)4/h9-13H,14-15H2,1-8H3. The van der Waals surface area contributed by atoms with Gasteiger partial charge >= 0.3 is 0 Å². The molecule has 1 atom stereocenters. The summed E-state index contributed by atoms with van der Waals surface area (Å²) in [5.41, 5.74) is 2.50. The Hall–Kier alpha value is -2.05. The number of nitrogens with zero attached hydrogens (tertiary/aromatic N) is 5. The molecule has 0 N–H and O–H groups in total. The van der Waals surface area contributed by atoms with Crippen LogP contribution in [-0.2, 0) is 33.3 Å². The van der Waals surface area contributed by atoms with Crippen LogP contribution in [0, 0.1) is 6.92 Å². The van der Waals surface area contributed by atoms with Crippen molar-refractivity contribution in [2.45, 2.75) is 64.3 Å². The number of methoxy groups -OCH3 is 1. The Kier molecular flexibility index (Phi) is 8.35. The van der Waals surface area contributed by atoms with E-state index in [2.05, 4.69) is 48.8 Å². The van der Waals surface area contributed by atoms with E-state index >= 15 is 0 Å². The van der Waals surface area contributed by atoms with Crippen LogP contribution in [0.5, 0.6) is 0 Å². The van der Waals surface area contributed by atoms with E-state index < -0.39 is 19.1 Å². The molecule has 3 heterocycles. The highest BCUT2D eigenvalue weighted by Crippen LogP contribution is 2.37. The summed E-state index contributed by atoms with van der Waals surface area (Å²) in [7, 11) is -1.45. The van der Waals surface area contributed by atoms with Gasteiger partial charge in [0.1, 0.15) is 6.73 Å². The van der Waals surface area contributed by atoms with Crippen molar-refractivity contribution in [1.82, 2.24) is 19.5 Å². The molecule has 3 rings (SSSR count). The maximum atomic E-state index is 11.9. The van der Waals surface area contributed by atoms with E-state index in [0.717, 1.165) is 20.9 Å². The second-order valence-electron chi connectivity index (χ2n) is 9.58. The van der Waals surface area contributed by atoms with E-state index in [1.165, 1.54) is 11.3 Å². The van der Waals surface area contributed by atoms with E-state index in [1.54, 1.807) is 13.4 Å². The monoisotopic (exact) mass is 519 g/mol. The lowest BCUT2D eigenvalue weighted by Crippen LogP contribution is -2.40. The normalized spacial score (nSPS) is 13.9.